The van der Waals surface area contributed by atoms with Gasteiger partial charge in [-0.25, -0.2) is 4.98 Å². The number of pyridine rings is 1. The van der Waals surface area contributed by atoms with Gasteiger partial charge in [0.2, 0.25) is 0 Å². The minimum atomic E-state index is -0.840. The lowest BCUT2D eigenvalue weighted by Gasteiger charge is -2.35. The average molecular weight is 389 g/mol. The summed E-state index contributed by atoms with van der Waals surface area (Å²) in [6, 6.07) is 18.1. The van der Waals surface area contributed by atoms with Gasteiger partial charge in [0, 0.05) is 16.4 Å². The highest BCUT2D eigenvalue weighted by molar-refractivity contribution is 5.88. The Morgan fingerprint density at radius 2 is 1.83 bits per heavy atom. The molecule has 148 valence electrons. The first kappa shape index (κ1) is 19.1. The Hall–Kier alpha value is -3.21. The lowest BCUT2D eigenvalue weighted by molar-refractivity contribution is -0.142. The predicted octanol–water partition coefficient (Wildman–Crippen LogP) is 4.56. The molecule has 0 saturated heterocycles. The van der Waals surface area contributed by atoms with Crippen LogP contribution in [-0.4, -0.2) is 28.6 Å². The van der Waals surface area contributed by atoms with E-state index in [1.807, 2.05) is 55.5 Å². The van der Waals surface area contributed by atoms with Crippen molar-refractivity contribution in [2.45, 2.75) is 38.2 Å². The van der Waals surface area contributed by atoms with Crippen LogP contribution < -0.4 is 0 Å². The molecule has 0 aliphatic heterocycles. The Morgan fingerprint density at radius 1 is 1.10 bits per heavy atom. The summed E-state index contributed by atoms with van der Waals surface area (Å²) in [5.74, 6) is -1.41. The number of aromatic nitrogens is 1. The van der Waals surface area contributed by atoms with Crippen LogP contribution in [0, 0.1) is 5.92 Å². The smallest absolute Gasteiger partial charge is 0.306 e. The Kier molecular flexibility index (Phi) is 4.82. The van der Waals surface area contributed by atoms with Crippen molar-refractivity contribution in [3.05, 3.63) is 65.7 Å². The number of hydrogen-bond donors (Lipinski definition) is 1. The van der Waals surface area contributed by atoms with E-state index in [2.05, 4.69) is 6.07 Å². The quantitative estimate of drug-likeness (QED) is 0.599. The maximum Gasteiger partial charge on any atom is 0.306 e. The Bertz CT molecular complexity index is 1090. The molecule has 5 nitrogen and oxygen atoms in total. The first-order chi connectivity index (χ1) is 14.0. The molecule has 29 heavy (non-hydrogen) atoms. The van der Waals surface area contributed by atoms with Crippen molar-refractivity contribution in [1.82, 2.24) is 4.98 Å². The second-order valence-electron chi connectivity index (χ2n) is 7.90. The van der Waals surface area contributed by atoms with E-state index in [1.165, 1.54) is 0 Å². The highest BCUT2D eigenvalue weighted by atomic mass is 16.5. The van der Waals surface area contributed by atoms with Crippen LogP contribution in [0.5, 0.6) is 0 Å². The summed E-state index contributed by atoms with van der Waals surface area (Å²) in [6.07, 6.45) is 0.533. The van der Waals surface area contributed by atoms with E-state index in [-0.39, 0.29) is 6.10 Å². The molecule has 1 aromatic heterocycles. The maximum atomic E-state index is 11.8. The predicted molar refractivity (Wildman–Crippen MR) is 111 cm³/mol. The standard InChI is InChI=1S/C24H23NO4/c1-15(23(27)28)12-24(13-16(2)29-14-26)19-9-5-4-8-18(19)22-20(24)11-17-7-3-6-10-21(17)25-22/h3-11,14-16H,12-13H2,1-2H3,(H,27,28)/t15-,16-,24?/m0/s1. The molecule has 3 aromatic rings. The summed E-state index contributed by atoms with van der Waals surface area (Å²) in [5, 5.41) is 10.7. The lowest BCUT2D eigenvalue weighted by Crippen LogP contribution is -2.34. The third kappa shape index (κ3) is 3.16. The minimum Gasteiger partial charge on any atom is -0.481 e. The zero-order chi connectivity index (χ0) is 20.6. The van der Waals surface area contributed by atoms with Crippen molar-refractivity contribution in [1.29, 1.82) is 0 Å². The fourth-order valence-corrected chi connectivity index (χ4v) is 4.70. The van der Waals surface area contributed by atoms with Gasteiger partial charge < -0.3 is 9.84 Å². The number of carbonyl (C=O) groups is 2. The summed E-state index contributed by atoms with van der Waals surface area (Å²) in [4.78, 5) is 27.7. The van der Waals surface area contributed by atoms with E-state index < -0.39 is 17.3 Å². The van der Waals surface area contributed by atoms with Crippen LogP contribution >= 0.6 is 0 Å². The van der Waals surface area contributed by atoms with E-state index in [0.717, 1.165) is 33.3 Å². The molecular weight excluding hydrogens is 366 g/mol. The van der Waals surface area contributed by atoms with Crippen molar-refractivity contribution >= 4 is 23.3 Å². The molecule has 4 rings (SSSR count). The molecule has 1 N–H and O–H groups in total. The number of benzene rings is 2. The third-order valence-electron chi connectivity index (χ3n) is 5.94. The van der Waals surface area contributed by atoms with E-state index in [0.29, 0.717) is 19.3 Å². The Balaban J connectivity index is 1.99. The topological polar surface area (TPSA) is 76.5 Å². The molecule has 1 aliphatic carbocycles. The molecule has 2 aromatic carbocycles. The van der Waals surface area contributed by atoms with Gasteiger partial charge in [-0.2, -0.15) is 0 Å². The molecule has 0 spiro atoms. The average Bonchev–Trinajstić information content (AvgIpc) is 2.96. The first-order valence-corrected chi connectivity index (χ1v) is 9.78. The van der Waals surface area contributed by atoms with E-state index >= 15 is 0 Å². The van der Waals surface area contributed by atoms with Gasteiger partial charge in [0.15, 0.2) is 0 Å². The fourth-order valence-electron chi connectivity index (χ4n) is 4.70. The molecule has 1 unspecified atom stereocenters. The van der Waals surface area contributed by atoms with Crippen LogP contribution in [-0.2, 0) is 19.7 Å². The number of nitrogens with zero attached hydrogens (tertiary/aromatic N) is 1. The monoisotopic (exact) mass is 389 g/mol. The summed E-state index contributed by atoms with van der Waals surface area (Å²) in [5.41, 5.74) is 4.27. The SMILES string of the molecule is C[C@@H](CC1(C[C@H](C)C(=O)O)c2ccccc2-c2nc3ccccc3cc21)OC=O. The van der Waals surface area contributed by atoms with Gasteiger partial charge in [0.05, 0.1) is 23.2 Å². The van der Waals surface area contributed by atoms with Crippen molar-refractivity contribution < 1.29 is 19.4 Å². The largest absolute Gasteiger partial charge is 0.481 e. The number of rotatable bonds is 7. The second kappa shape index (κ2) is 7.32. The molecule has 0 bridgehead atoms. The number of ether oxygens (including phenoxy) is 1. The molecule has 0 fully saturated rings. The molecule has 0 amide bonds. The van der Waals surface area contributed by atoms with Crippen molar-refractivity contribution in [3.63, 3.8) is 0 Å². The summed E-state index contributed by atoms with van der Waals surface area (Å²) in [6.45, 7) is 4.03. The van der Waals surface area contributed by atoms with Gasteiger partial charge in [0.1, 0.15) is 0 Å². The number of carboxylic acid groups (broad SMARTS) is 1. The normalized spacial score (nSPS) is 19.2. The first-order valence-electron chi connectivity index (χ1n) is 9.78. The van der Waals surface area contributed by atoms with E-state index in [1.54, 1.807) is 6.92 Å². The zero-order valence-corrected chi connectivity index (χ0v) is 16.5. The van der Waals surface area contributed by atoms with Gasteiger partial charge in [-0.05, 0) is 43.0 Å². The zero-order valence-electron chi connectivity index (χ0n) is 16.5. The summed E-state index contributed by atoms with van der Waals surface area (Å²) >= 11 is 0. The van der Waals surface area contributed by atoms with Crippen molar-refractivity contribution in [3.8, 4) is 11.3 Å². The van der Waals surface area contributed by atoms with Crippen LogP contribution in [0.1, 0.15) is 37.8 Å². The summed E-state index contributed by atoms with van der Waals surface area (Å²) in [7, 11) is 0. The van der Waals surface area contributed by atoms with E-state index in [4.69, 9.17) is 9.72 Å². The lowest BCUT2D eigenvalue weighted by atomic mass is 9.69. The van der Waals surface area contributed by atoms with Gasteiger partial charge in [-0.3, -0.25) is 9.59 Å². The number of carboxylic acids is 1. The molecule has 0 saturated carbocycles. The molecule has 3 atom stereocenters. The Morgan fingerprint density at radius 3 is 2.59 bits per heavy atom. The minimum absolute atomic E-state index is 0.362. The molecular formula is C24H23NO4. The fraction of sp³-hybridized carbons (Fsp3) is 0.292. The van der Waals surface area contributed by atoms with Gasteiger partial charge in [0.25, 0.3) is 6.47 Å². The number of para-hydroxylation sites is 1. The molecule has 1 aliphatic rings. The number of fused-ring (bicyclic) bond motifs is 4. The number of hydrogen-bond acceptors (Lipinski definition) is 4. The van der Waals surface area contributed by atoms with Gasteiger partial charge in [-0.15, -0.1) is 0 Å². The second-order valence-corrected chi connectivity index (χ2v) is 7.90. The van der Waals surface area contributed by atoms with Crippen LogP contribution in [0.3, 0.4) is 0 Å². The highest BCUT2D eigenvalue weighted by Crippen LogP contribution is 2.54. The maximum absolute atomic E-state index is 11.8. The molecule has 5 heteroatoms. The molecule has 0 radical (unpaired) electrons. The van der Waals surface area contributed by atoms with Crippen LogP contribution in [0.25, 0.3) is 22.2 Å². The van der Waals surface area contributed by atoms with Crippen LogP contribution in [0.15, 0.2) is 54.6 Å². The van der Waals surface area contributed by atoms with Crippen LogP contribution in [0.2, 0.25) is 0 Å². The third-order valence-corrected chi connectivity index (χ3v) is 5.94. The molecule has 1 heterocycles. The van der Waals surface area contributed by atoms with Crippen LogP contribution in [0.4, 0.5) is 0 Å². The number of aliphatic carboxylic acids is 1. The van der Waals surface area contributed by atoms with Crippen molar-refractivity contribution in [2.24, 2.45) is 5.92 Å². The summed E-state index contributed by atoms with van der Waals surface area (Å²) < 4.78 is 5.24. The van der Waals surface area contributed by atoms with Gasteiger partial charge >= 0.3 is 5.97 Å². The van der Waals surface area contributed by atoms with Crippen molar-refractivity contribution in [2.75, 3.05) is 0 Å². The van der Waals surface area contributed by atoms with E-state index in [9.17, 15) is 14.7 Å². The Labute approximate surface area is 169 Å². The highest BCUT2D eigenvalue weighted by Gasteiger charge is 2.46. The van der Waals surface area contributed by atoms with Gasteiger partial charge in [-0.1, -0.05) is 49.4 Å². The number of carbonyl (C=O) groups excluding carboxylic acids is 1.